The number of rotatable bonds is 6. The third kappa shape index (κ3) is 4.56. The average Bonchev–Trinajstić information content (AvgIpc) is 3.10. The molecule has 0 fully saturated rings. The Morgan fingerprint density at radius 2 is 2.00 bits per heavy atom. The highest BCUT2D eigenvalue weighted by molar-refractivity contribution is 6.33. The van der Waals surface area contributed by atoms with E-state index in [9.17, 15) is 23.1 Å². The first-order chi connectivity index (χ1) is 14.1. The maximum absolute atomic E-state index is 13.6. The van der Waals surface area contributed by atoms with E-state index in [-0.39, 0.29) is 39.2 Å². The number of aryl methyl sites for hydroxylation is 1. The summed E-state index contributed by atoms with van der Waals surface area (Å²) >= 11 is 6.25. The molecule has 158 valence electrons. The highest BCUT2D eigenvalue weighted by Gasteiger charge is 2.34. The molecule has 0 amide bonds. The van der Waals surface area contributed by atoms with Gasteiger partial charge in [-0.25, -0.2) is 0 Å². The lowest BCUT2D eigenvalue weighted by molar-refractivity contribution is -0.138. The number of nitrogens with zero attached hydrogens (tertiary/aromatic N) is 2. The van der Waals surface area contributed by atoms with E-state index >= 15 is 0 Å². The lowest BCUT2D eigenvalue weighted by Gasteiger charge is -2.18. The Labute approximate surface area is 174 Å². The molecule has 2 aromatic carbocycles. The molecule has 1 aromatic heterocycles. The fourth-order valence-electron chi connectivity index (χ4n) is 3.09. The topological polar surface area (TPSA) is 85.5 Å². The first kappa shape index (κ1) is 21.6. The third-order valence-corrected chi connectivity index (χ3v) is 4.70. The van der Waals surface area contributed by atoms with Crippen LogP contribution in [-0.2, 0) is 11.0 Å². The average molecular weight is 441 g/mol. The number of hydrogen-bond donors (Lipinski definition) is 1. The van der Waals surface area contributed by atoms with Crippen molar-refractivity contribution in [2.75, 3.05) is 7.11 Å². The van der Waals surface area contributed by atoms with E-state index < -0.39 is 30.0 Å². The van der Waals surface area contributed by atoms with Crippen molar-refractivity contribution in [2.24, 2.45) is 0 Å². The number of aromatic nitrogens is 2. The molecule has 0 spiro atoms. The van der Waals surface area contributed by atoms with Crippen LogP contribution in [0.3, 0.4) is 0 Å². The summed E-state index contributed by atoms with van der Waals surface area (Å²) in [4.78, 5) is 11.4. The van der Waals surface area contributed by atoms with E-state index in [0.29, 0.717) is 0 Å². The second-order valence-corrected chi connectivity index (χ2v) is 6.88. The number of alkyl halides is 3. The predicted octanol–water partition coefficient (Wildman–Crippen LogP) is 5.33. The maximum Gasteiger partial charge on any atom is 0.416 e. The minimum absolute atomic E-state index is 0.0489. The van der Waals surface area contributed by atoms with Crippen LogP contribution in [0, 0.1) is 6.92 Å². The summed E-state index contributed by atoms with van der Waals surface area (Å²) in [6, 6.07) is 7.93. The number of carboxylic acid groups (broad SMARTS) is 1. The van der Waals surface area contributed by atoms with Crippen LogP contribution in [0.25, 0.3) is 11.1 Å². The number of methoxy groups -OCH3 is 1. The fraction of sp³-hybridized carbons (Fsp3) is 0.250. The highest BCUT2D eigenvalue weighted by Crippen LogP contribution is 2.42. The Morgan fingerprint density at radius 1 is 1.27 bits per heavy atom. The lowest BCUT2D eigenvalue weighted by atomic mass is 9.90. The van der Waals surface area contributed by atoms with Crippen LogP contribution in [0.15, 0.2) is 40.8 Å². The van der Waals surface area contributed by atoms with E-state index in [4.69, 9.17) is 20.8 Å². The van der Waals surface area contributed by atoms with Crippen LogP contribution >= 0.6 is 11.6 Å². The molecule has 1 N–H and O–H groups in total. The number of halogens is 4. The van der Waals surface area contributed by atoms with Gasteiger partial charge in [-0.3, -0.25) is 4.79 Å². The number of benzene rings is 2. The zero-order valence-electron chi connectivity index (χ0n) is 15.8. The summed E-state index contributed by atoms with van der Waals surface area (Å²) in [6.45, 7) is 1.50. The summed E-state index contributed by atoms with van der Waals surface area (Å²) in [7, 11) is 1.37. The number of carbonyl (C=O) groups is 1. The molecule has 0 saturated heterocycles. The highest BCUT2D eigenvalue weighted by atomic mass is 35.5. The van der Waals surface area contributed by atoms with Gasteiger partial charge in [0.1, 0.15) is 5.75 Å². The molecule has 3 aromatic rings. The summed E-state index contributed by atoms with van der Waals surface area (Å²) in [5, 5.41) is 17.0. The van der Waals surface area contributed by atoms with E-state index in [2.05, 4.69) is 10.2 Å². The minimum atomic E-state index is -4.68. The third-order valence-electron chi connectivity index (χ3n) is 4.39. The standard InChI is InChI=1S/C20H16ClF3N2O4/c1-10-25-26-19(30-10)14(9-17(27)28)11-6-12(8-13(7-11)20(22,23)24)18-15(21)4-3-5-16(18)29-2/h3-8,14H,9H2,1-2H3,(H,27,28). The first-order valence-corrected chi connectivity index (χ1v) is 9.04. The van der Waals surface area contributed by atoms with Crippen LogP contribution in [0.4, 0.5) is 13.2 Å². The number of hydrogen-bond acceptors (Lipinski definition) is 5. The predicted molar refractivity (Wildman–Crippen MR) is 102 cm³/mol. The normalized spacial score (nSPS) is 12.6. The van der Waals surface area contributed by atoms with Gasteiger partial charge in [0.05, 0.1) is 30.0 Å². The van der Waals surface area contributed by atoms with Gasteiger partial charge in [-0.1, -0.05) is 23.7 Å². The number of carboxylic acids is 1. The van der Waals surface area contributed by atoms with E-state index in [1.807, 2.05) is 0 Å². The molecule has 0 saturated carbocycles. The summed E-state index contributed by atoms with van der Waals surface area (Å²) in [6.07, 6.45) is -5.22. The molecule has 3 rings (SSSR count). The number of ether oxygens (including phenoxy) is 1. The van der Waals surface area contributed by atoms with E-state index in [0.717, 1.165) is 12.1 Å². The van der Waals surface area contributed by atoms with Crippen LogP contribution in [0.1, 0.15) is 35.2 Å². The van der Waals surface area contributed by atoms with Gasteiger partial charge in [-0.15, -0.1) is 10.2 Å². The van der Waals surface area contributed by atoms with Gasteiger partial charge in [-0.05, 0) is 35.4 Å². The van der Waals surface area contributed by atoms with Crippen LogP contribution in [0.5, 0.6) is 5.75 Å². The van der Waals surface area contributed by atoms with Crippen molar-refractivity contribution in [1.29, 1.82) is 0 Å². The summed E-state index contributed by atoms with van der Waals surface area (Å²) in [5.74, 6) is -1.97. The molecule has 0 bridgehead atoms. The van der Waals surface area contributed by atoms with Crippen molar-refractivity contribution in [2.45, 2.75) is 25.4 Å². The zero-order chi connectivity index (χ0) is 22.1. The van der Waals surface area contributed by atoms with Crippen molar-refractivity contribution in [1.82, 2.24) is 10.2 Å². The monoisotopic (exact) mass is 440 g/mol. The largest absolute Gasteiger partial charge is 0.496 e. The van der Waals surface area contributed by atoms with Gasteiger partial charge < -0.3 is 14.3 Å². The first-order valence-electron chi connectivity index (χ1n) is 8.67. The molecule has 1 unspecified atom stereocenters. The molecule has 30 heavy (non-hydrogen) atoms. The second-order valence-electron chi connectivity index (χ2n) is 6.47. The molecule has 1 heterocycles. The quantitative estimate of drug-likeness (QED) is 0.557. The van der Waals surface area contributed by atoms with Crippen molar-refractivity contribution >= 4 is 17.6 Å². The Kier molecular flexibility index (Phi) is 6.02. The van der Waals surface area contributed by atoms with E-state index in [1.165, 1.54) is 26.2 Å². The maximum atomic E-state index is 13.6. The van der Waals surface area contributed by atoms with Crippen molar-refractivity contribution in [3.63, 3.8) is 0 Å². The molecule has 0 radical (unpaired) electrons. The van der Waals surface area contributed by atoms with Crippen LogP contribution < -0.4 is 4.74 Å². The molecule has 0 aliphatic carbocycles. The Hall–Kier alpha value is -3.07. The second kappa shape index (κ2) is 8.35. The van der Waals surface area contributed by atoms with Crippen molar-refractivity contribution in [3.05, 3.63) is 64.3 Å². The van der Waals surface area contributed by atoms with Crippen LogP contribution in [0.2, 0.25) is 5.02 Å². The van der Waals surface area contributed by atoms with Crippen LogP contribution in [-0.4, -0.2) is 28.4 Å². The van der Waals surface area contributed by atoms with Gasteiger partial charge >= 0.3 is 12.1 Å². The Bertz CT molecular complexity index is 1080. The zero-order valence-corrected chi connectivity index (χ0v) is 16.6. The molecule has 0 aliphatic rings. The van der Waals surface area contributed by atoms with E-state index in [1.54, 1.807) is 12.1 Å². The molecular formula is C20H16ClF3N2O4. The molecule has 0 aliphatic heterocycles. The summed E-state index contributed by atoms with van der Waals surface area (Å²) < 4.78 is 51.5. The van der Waals surface area contributed by atoms with Gasteiger partial charge in [0.25, 0.3) is 0 Å². The molecule has 1 atom stereocenters. The Balaban J connectivity index is 2.27. The molecular weight excluding hydrogens is 425 g/mol. The lowest BCUT2D eigenvalue weighted by Crippen LogP contribution is -2.12. The van der Waals surface area contributed by atoms with Gasteiger partial charge in [-0.2, -0.15) is 13.2 Å². The summed E-state index contributed by atoms with van der Waals surface area (Å²) in [5.41, 5.74) is -0.546. The van der Waals surface area contributed by atoms with Crippen molar-refractivity contribution < 1.29 is 32.2 Å². The number of aliphatic carboxylic acids is 1. The van der Waals surface area contributed by atoms with Gasteiger partial charge in [0.15, 0.2) is 0 Å². The molecule has 6 nitrogen and oxygen atoms in total. The smallest absolute Gasteiger partial charge is 0.416 e. The minimum Gasteiger partial charge on any atom is -0.496 e. The van der Waals surface area contributed by atoms with Crippen molar-refractivity contribution in [3.8, 4) is 16.9 Å². The van der Waals surface area contributed by atoms with Gasteiger partial charge in [0.2, 0.25) is 11.8 Å². The SMILES string of the molecule is COc1cccc(Cl)c1-c1cc(C(CC(=O)O)c2nnc(C)o2)cc(C(F)(F)F)c1. The Morgan fingerprint density at radius 3 is 2.57 bits per heavy atom. The fourth-order valence-corrected chi connectivity index (χ4v) is 3.37. The van der Waals surface area contributed by atoms with Gasteiger partial charge in [0, 0.05) is 12.5 Å². The molecule has 10 heteroatoms.